The summed E-state index contributed by atoms with van der Waals surface area (Å²) in [7, 11) is 0. The Morgan fingerprint density at radius 1 is 0.256 bits per heavy atom. The molecule has 0 radical (unpaired) electrons. The highest BCUT2D eigenvalue weighted by Crippen LogP contribution is 2.45. The SMILES string of the molecule is N#Cc1ccc(-c2cc(-c3cc(-c4ccccc4)nc(-c4ccccc4)n3)ccc2-n2c3ccc(-c4ccccc4)cc3c3cc(-c4ccccc4)ccc32)c(-n2c3ccc(-c4ccccc4)cc3c3cc(-c4ccccc4)ccc32)c1. The molecule has 0 unspecified atom stereocenters. The summed E-state index contributed by atoms with van der Waals surface area (Å²) in [5.41, 5.74) is 22.2. The van der Waals surface area contributed by atoms with Crippen LogP contribution in [0.4, 0.5) is 0 Å². The minimum Gasteiger partial charge on any atom is -0.309 e. The lowest BCUT2D eigenvalue weighted by Gasteiger charge is -2.20. The largest absolute Gasteiger partial charge is 0.309 e. The Hall–Kier alpha value is -11.2. The second kappa shape index (κ2) is 20.2. The predicted octanol–water partition coefficient (Wildman–Crippen LogP) is 19.9. The van der Waals surface area contributed by atoms with Crippen LogP contribution in [-0.4, -0.2) is 19.1 Å². The quantitative estimate of drug-likeness (QED) is 0.137. The van der Waals surface area contributed by atoms with Crippen LogP contribution >= 0.6 is 0 Å². The van der Waals surface area contributed by atoms with Crippen molar-refractivity contribution in [3.63, 3.8) is 0 Å². The Kier molecular flexibility index (Phi) is 11.8. The molecule has 5 heteroatoms. The molecular formula is C77H49N5. The van der Waals surface area contributed by atoms with E-state index in [0.717, 1.165) is 139 Å². The third-order valence-electron chi connectivity index (χ3n) is 16.0. The van der Waals surface area contributed by atoms with Crippen molar-refractivity contribution >= 4 is 43.6 Å². The highest BCUT2D eigenvalue weighted by atomic mass is 15.0. The molecule has 0 atom stereocenters. The summed E-state index contributed by atoms with van der Waals surface area (Å²) in [5.74, 6) is 0.641. The molecule has 3 aromatic heterocycles. The van der Waals surface area contributed by atoms with Crippen LogP contribution in [0.2, 0.25) is 0 Å². The van der Waals surface area contributed by atoms with Crippen LogP contribution < -0.4 is 0 Å². The van der Waals surface area contributed by atoms with Gasteiger partial charge in [-0.25, -0.2) is 9.97 Å². The van der Waals surface area contributed by atoms with Crippen LogP contribution in [-0.2, 0) is 0 Å². The molecule has 0 saturated heterocycles. The van der Waals surface area contributed by atoms with Crippen LogP contribution in [0.25, 0.3) is 145 Å². The molecule has 0 N–H and O–H groups in total. The molecule has 0 aliphatic heterocycles. The average molecular weight is 1040 g/mol. The minimum atomic E-state index is 0.558. The van der Waals surface area contributed by atoms with Crippen molar-refractivity contribution in [1.82, 2.24) is 19.1 Å². The van der Waals surface area contributed by atoms with Gasteiger partial charge in [-0.3, -0.25) is 0 Å². The van der Waals surface area contributed by atoms with Gasteiger partial charge in [-0.05, 0) is 123 Å². The number of benzene rings is 12. The highest BCUT2D eigenvalue weighted by Gasteiger charge is 2.24. The van der Waals surface area contributed by atoms with Crippen molar-refractivity contribution in [3.8, 4) is 107 Å². The van der Waals surface area contributed by atoms with Crippen molar-refractivity contribution in [2.24, 2.45) is 0 Å². The van der Waals surface area contributed by atoms with Gasteiger partial charge < -0.3 is 9.13 Å². The molecular weight excluding hydrogens is 995 g/mol. The number of hydrogen-bond donors (Lipinski definition) is 0. The van der Waals surface area contributed by atoms with Crippen LogP contribution in [0.5, 0.6) is 0 Å². The smallest absolute Gasteiger partial charge is 0.160 e. The van der Waals surface area contributed by atoms with E-state index in [9.17, 15) is 5.26 Å². The Labute approximate surface area is 475 Å². The zero-order valence-electron chi connectivity index (χ0n) is 44.5. The number of fused-ring (bicyclic) bond motifs is 6. The zero-order valence-corrected chi connectivity index (χ0v) is 44.5. The first kappa shape index (κ1) is 48.0. The third-order valence-corrected chi connectivity index (χ3v) is 16.0. The van der Waals surface area contributed by atoms with Gasteiger partial charge in [0.2, 0.25) is 0 Å². The number of rotatable bonds is 10. The van der Waals surface area contributed by atoms with E-state index in [4.69, 9.17) is 9.97 Å². The van der Waals surface area contributed by atoms with Crippen molar-refractivity contribution < 1.29 is 0 Å². The summed E-state index contributed by atoms with van der Waals surface area (Å²) < 4.78 is 4.81. The maximum Gasteiger partial charge on any atom is 0.160 e. The van der Waals surface area contributed by atoms with Crippen LogP contribution in [0, 0.1) is 11.3 Å². The van der Waals surface area contributed by atoms with Crippen LogP contribution in [0.3, 0.4) is 0 Å². The second-order valence-corrected chi connectivity index (χ2v) is 20.8. The summed E-state index contributed by atoms with van der Waals surface area (Å²) >= 11 is 0. The van der Waals surface area contributed by atoms with Gasteiger partial charge in [0.05, 0.1) is 56.5 Å². The Balaban J connectivity index is 1.04. The molecule has 0 amide bonds. The molecule has 382 valence electrons. The summed E-state index contributed by atoms with van der Waals surface area (Å²) in [6.07, 6.45) is 0. The minimum absolute atomic E-state index is 0.558. The van der Waals surface area contributed by atoms with E-state index >= 15 is 0 Å². The van der Waals surface area contributed by atoms with E-state index in [1.165, 1.54) is 0 Å². The van der Waals surface area contributed by atoms with E-state index in [1.54, 1.807) is 0 Å². The van der Waals surface area contributed by atoms with Crippen LogP contribution in [0.1, 0.15) is 5.56 Å². The molecule has 0 aliphatic carbocycles. The van der Waals surface area contributed by atoms with Gasteiger partial charge >= 0.3 is 0 Å². The molecule has 82 heavy (non-hydrogen) atoms. The van der Waals surface area contributed by atoms with E-state index in [-0.39, 0.29) is 0 Å². The molecule has 15 rings (SSSR count). The number of nitriles is 1. The normalized spacial score (nSPS) is 11.4. The van der Waals surface area contributed by atoms with Gasteiger partial charge in [0, 0.05) is 49.4 Å². The molecule has 0 spiro atoms. The van der Waals surface area contributed by atoms with Crippen LogP contribution in [0.15, 0.2) is 297 Å². The standard InChI is InChI=1S/C77H49N5/c78-50-51-31-37-63(76(43-51)82-74-40-34-60(54-23-11-3-12-24-54)46-67(74)68-47-61(35-41-75(68)82)55-25-13-4-14-26-55)64-48-62(70-49-69(56-27-15-5-16-28-56)79-77(80-70)57-29-17-6-18-30-57)36-42-71(64)81-72-38-32-58(52-19-7-1-8-20-52)44-65(72)66-45-59(33-39-73(66)81)53-21-9-2-10-22-53/h1-49H. The van der Waals surface area contributed by atoms with E-state index < -0.39 is 0 Å². The fourth-order valence-electron chi connectivity index (χ4n) is 12.0. The Bertz CT molecular complexity index is 4690. The fraction of sp³-hybridized carbons (Fsp3) is 0. The lowest BCUT2D eigenvalue weighted by molar-refractivity contribution is 1.15. The maximum atomic E-state index is 10.9. The zero-order chi connectivity index (χ0) is 54.5. The number of aromatic nitrogens is 4. The molecule has 0 fully saturated rings. The average Bonchev–Trinajstić information content (AvgIpc) is 3.58. The summed E-state index contributed by atoms with van der Waals surface area (Å²) in [6.45, 7) is 0. The Morgan fingerprint density at radius 2 is 0.610 bits per heavy atom. The van der Waals surface area contributed by atoms with E-state index in [2.05, 4.69) is 282 Å². The molecule has 12 aromatic carbocycles. The number of hydrogen-bond acceptors (Lipinski definition) is 3. The van der Waals surface area contributed by atoms with Crippen molar-refractivity contribution in [2.75, 3.05) is 0 Å². The first-order valence-corrected chi connectivity index (χ1v) is 27.7. The summed E-state index contributed by atoms with van der Waals surface area (Å²) in [4.78, 5) is 10.6. The summed E-state index contributed by atoms with van der Waals surface area (Å²) in [6, 6.07) is 108. The molecule has 0 bridgehead atoms. The van der Waals surface area contributed by atoms with Gasteiger partial charge in [0.1, 0.15) is 0 Å². The molecule has 5 nitrogen and oxygen atoms in total. The Morgan fingerprint density at radius 3 is 1.01 bits per heavy atom. The first-order chi connectivity index (χ1) is 40.6. The molecule has 15 aromatic rings. The first-order valence-electron chi connectivity index (χ1n) is 27.7. The monoisotopic (exact) mass is 1040 g/mol. The molecule has 0 aliphatic rings. The van der Waals surface area contributed by atoms with Crippen molar-refractivity contribution in [1.29, 1.82) is 5.26 Å². The fourth-order valence-corrected chi connectivity index (χ4v) is 12.0. The topological polar surface area (TPSA) is 59.4 Å². The van der Waals surface area contributed by atoms with Gasteiger partial charge in [-0.1, -0.05) is 218 Å². The second-order valence-electron chi connectivity index (χ2n) is 20.8. The lowest BCUT2D eigenvalue weighted by atomic mass is 9.95. The van der Waals surface area contributed by atoms with Crippen molar-refractivity contribution in [2.45, 2.75) is 0 Å². The van der Waals surface area contributed by atoms with E-state index in [1.807, 2.05) is 30.3 Å². The highest BCUT2D eigenvalue weighted by molar-refractivity contribution is 6.14. The van der Waals surface area contributed by atoms with Gasteiger partial charge in [0.15, 0.2) is 5.82 Å². The number of nitrogens with zero attached hydrogens (tertiary/aromatic N) is 5. The third kappa shape index (κ3) is 8.51. The predicted molar refractivity (Wildman–Crippen MR) is 339 cm³/mol. The van der Waals surface area contributed by atoms with Gasteiger partial charge in [0.25, 0.3) is 0 Å². The summed E-state index contributed by atoms with van der Waals surface area (Å²) in [5, 5.41) is 15.4. The molecule has 3 heterocycles. The van der Waals surface area contributed by atoms with Gasteiger partial charge in [-0.2, -0.15) is 5.26 Å². The van der Waals surface area contributed by atoms with E-state index in [0.29, 0.717) is 11.4 Å². The molecule has 0 saturated carbocycles. The van der Waals surface area contributed by atoms with Crippen molar-refractivity contribution in [3.05, 3.63) is 303 Å². The maximum absolute atomic E-state index is 10.9. The van der Waals surface area contributed by atoms with Gasteiger partial charge in [-0.15, -0.1) is 0 Å². The lowest BCUT2D eigenvalue weighted by Crippen LogP contribution is -2.03.